The largest absolute Gasteiger partial charge is 0.434 e. The molecule has 26 heavy (non-hydrogen) atoms. The van der Waals surface area contributed by atoms with Crippen LogP contribution in [0.15, 0.2) is 10.4 Å². The van der Waals surface area contributed by atoms with Gasteiger partial charge >= 0.3 is 6.18 Å². The average Bonchev–Trinajstić information content (AvgIpc) is 3.25. The molecule has 148 valence electrons. The number of nitrogens with one attached hydrogen (secondary N) is 2. The molecule has 1 aromatic rings. The molecule has 0 aliphatic carbocycles. The monoisotopic (exact) mass is 394 g/mol. The van der Waals surface area contributed by atoms with Crippen LogP contribution in [-0.2, 0) is 22.1 Å². The number of thiazole rings is 1. The Morgan fingerprint density at radius 2 is 2.31 bits per heavy atom. The van der Waals surface area contributed by atoms with Gasteiger partial charge in [-0.25, -0.2) is 4.98 Å². The van der Waals surface area contributed by atoms with Crippen molar-refractivity contribution >= 4 is 17.3 Å². The van der Waals surface area contributed by atoms with Gasteiger partial charge in [-0.15, -0.1) is 11.3 Å². The second-order valence-corrected chi connectivity index (χ2v) is 6.71. The Morgan fingerprint density at radius 1 is 1.46 bits per heavy atom. The first kappa shape index (κ1) is 20.9. The molecular formula is C16H25F3N4O2S. The molecule has 1 unspecified atom stereocenters. The van der Waals surface area contributed by atoms with E-state index in [1.54, 1.807) is 0 Å². The van der Waals surface area contributed by atoms with Crippen molar-refractivity contribution in [1.82, 2.24) is 15.6 Å². The SMILES string of the molecule is CCNC(=NCCCOC1CCOC1)NCCc1nc(C(F)(F)F)cs1. The molecule has 0 bridgehead atoms. The Balaban J connectivity index is 1.66. The molecule has 10 heteroatoms. The highest BCUT2D eigenvalue weighted by Gasteiger charge is 2.33. The fourth-order valence-corrected chi connectivity index (χ4v) is 3.14. The normalized spacial score (nSPS) is 18.3. The Morgan fingerprint density at radius 3 is 2.96 bits per heavy atom. The summed E-state index contributed by atoms with van der Waals surface area (Å²) in [6, 6.07) is 0. The van der Waals surface area contributed by atoms with Gasteiger partial charge in [0.05, 0.1) is 17.7 Å². The van der Waals surface area contributed by atoms with E-state index in [0.717, 1.165) is 36.2 Å². The number of guanidine groups is 1. The summed E-state index contributed by atoms with van der Waals surface area (Å²) in [5.74, 6) is 0.643. The Hall–Kier alpha value is -1.39. The van der Waals surface area contributed by atoms with Gasteiger partial charge in [0.25, 0.3) is 0 Å². The first-order chi connectivity index (χ1) is 12.5. The zero-order valence-electron chi connectivity index (χ0n) is 14.8. The Bertz CT molecular complexity index is 560. The first-order valence-electron chi connectivity index (χ1n) is 8.72. The third kappa shape index (κ3) is 7.46. The molecule has 1 aliphatic rings. The quantitative estimate of drug-likeness (QED) is 0.383. The minimum Gasteiger partial charge on any atom is -0.379 e. The van der Waals surface area contributed by atoms with E-state index in [-0.39, 0.29) is 6.10 Å². The lowest BCUT2D eigenvalue weighted by Crippen LogP contribution is -2.38. The lowest BCUT2D eigenvalue weighted by molar-refractivity contribution is -0.140. The maximum Gasteiger partial charge on any atom is 0.434 e. The first-order valence-corrected chi connectivity index (χ1v) is 9.60. The van der Waals surface area contributed by atoms with Crippen LogP contribution < -0.4 is 10.6 Å². The van der Waals surface area contributed by atoms with Gasteiger partial charge in [0.15, 0.2) is 11.7 Å². The number of rotatable bonds is 9. The van der Waals surface area contributed by atoms with E-state index >= 15 is 0 Å². The van der Waals surface area contributed by atoms with Crippen LogP contribution in [-0.4, -0.2) is 56.5 Å². The predicted octanol–water partition coefficient (Wildman–Crippen LogP) is 2.46. The molecule has 1 aliphatic heterocycles. The minimum atomic E-state index is -4.38. The van der Waals surface area contributed by atoms with Crippen LogP contribution in [0.5, 0.6) is 0 Å². The maximum absolute atomic E-state index is 12.5. The highest BCUT2D eigenvalue weighted by molar-refractivity contribution is 7.09. The van der Waals surface area contributed by atoms with Crippen molar-refractivity contribution in [2.75, 3.05) is 39.5 Å². The van der Waals surface area contributed by atoms with Crippen molar-refractivity contribution in [2.45, 2.75) is 38.5 Å². The number of alkyl halides is 3. The zero-order chi connectivity index (χ0) is 18.8. The molecule has 0 aromatic carbocycles. The molecule has 0 saturated carbocycles. The van der Waals surface area contributed by atoms with Crippen LogP contribution in [0, 0.1) is 0 Å². The number of hydrogen-bond acceptors (Lipinski definition) is 5. The second-order valence-electron chi connectivity index (χ2n) is 5.77. The van der Waals surface area contributed by atoms with Gasteiger partial charge < -0.3 is 20.1 Å². The third-order valence-corrected chi connectivity index (χ3v) is 4.54. The fourth-order valence-electron chi connectivity index (χ4n) is 2.34. The molecule has 1 atom stereocenters. The summed E-state index contributed by atoms with van der Waals surface area (Å²) < 4.78 is 48.5. The van der Waals surface area contributed by atoms with Crippen LogP contribution in [0.1, 0.15) is 30.5 Å². The Kier molecular flexibility index (Phi) is 8.60. The lowest BCUT2D eigenvalue weighted by atomic mass is 10.3. The number of halogens is 3. The lowest BCUT2D eigenvalue weighted by Gasteiger charge is -2.11. The molecule has 1 aromatic heterocycles. The standard InChI is InChI=1S/C16H25F3N4O2S/c1-2-20-15(21-6-3-8-25-12-5-9-24-10-12)22-7-4-14-23-13(11-26-14)16(17,18)19/h11-12H,2-10H2,1H3,(H2,20,21,22). The molecule has 2 heterocycles. The van der Waals surface area contributed by atoms with Gasteiger partial charge in [-0.1, -0.05) is 0 Å². The van der Waals surface area contributed by atoms with Gasteiger partial charge in [0, 0.05) is 44.6 Å². The summed E-state index contributed by atoms with van der Waals surface area (Å²) in [7, 11) is 0. The van der Waals surface area contributed by atoms with Gasteiger partial charge in [-0.3, -0.25) is 4.99 Å². The third-order valence-electron chi connectivity index (χ3n) is 3.63. The van der Waals surface area contributed by atoms with E-state index in [2.05, 4.69) is 20.6 Å². The molecule has 0 radical (unpaired) electrons. The van der Waals surface area contributed by atoms with Gasteiger partial charge in [-0.2, -0.15) is 13.2 Å². The average molecular weight is 394 g/mol. The van der Waals surface area contributed by atoms with E-state index in [1.165, 1.54) is 0 Å². The van der Waals surface area contributed by atoms with Crippen molar-refractivity contribution in [2.24, 2.45) is 4.99 Å². The Labute approximate surface area is 155 Å². The van der Waals surface area contributed by atoms with Crippen LogP contribution in [0.3, 0.4) is 0 Å². The van der Waals surface area contributed by atoms with Crippen molar-refractivity contribution in [3.8, 4) is 0 Å². The van der Waals surface area contributed by atoms with E-state index in [1.807, 2.05) is 6.92 Å². The van der Waals surface area contributed by atoms with Crippen LogP contribution >= 0.6 is 11.3 Å². The summed E-state index contributed by atoms with van der Waals surface area (Å²) in [5.41, 5.74) is -0.828. The van der Waals surface area contributed by atoms with Crippen LogP contribution in [0.2, 0.25) is 0 Å². The highest BCUT2D eigenvalue weighted by atomic mass is 32.1. The minimum absolute atomic E-state index is 0.199. The number of aliphatic imine (C=N–C) groups is 1. The second kappa shape index (κ2) is 10.7. The summed E-state index contributed by atoms with van der Waals surface area (Å²) >= 11 is 1.02. The van der Waals surface area contributed by atoms with Crippen LogP contribution in [0.25, 0.3) is 0 Å². The van der Waals surface area contributed by atoms with E-state index in [9.17, 15) is 13.2 Å². The smallest absolute Gasteiger partial charge is 0.379 e. The van der Waals surface area contributed by atoms with Crippen molar-refractivity contribution in [1.29, 1.82) is 0 Å². The van der Waals surface area contributed by atoms with Gasteiger partial charge in [0.1, 0.15) is 0 Å². The molecule has 2 N–H and O–H groups in total. The van der Waals surface area contributed by atoms with E-state index in [0.29, 0.717) is 50.2 Å². The number of hydrogen-bond donors (Lipinski definition) is 2. The topological polar surface area (TPSA) is 67.8 Å². The molecule has 6 nitrogen and oxygen atoms in total. The summed E-state index contributed by atoms with van der Waals surface area (Å²) in [6.45, 7) is 5.80. The molecular weight excluding hydrogens is 369 g/mol. The summed E-state index contributed by atoms with van der Waals surface area (Å²) in [6.07, 6.45) is -2.03. The molecule has 1 saturated heterocycles. The fraction of sp³-hybridized carbons (Fsp3) is 0.750. The molecule has 0 spiro atoms. The highest BCUT2D eigenvalue weighted by Crippen LogP contribution is 2.29. The van der Waals surface area contributed by atoms with Gasteiger partial charge in [-0.05, 0) is 19.8 Å². The molecule has 1 fully saturated rings. The number of ether oxygens (including phenoxy) is 2. The van der Waals surface area contributed by atoms with Crippen molar-refractivity contribution in [3.05, 3.63) is 16.1 Å². The van der Waals surface area contributed by atoms with E-state index < -0.39 is 11.9 Å². The van der Waals surface area contributed by atoms with Crippen molar-refractivity contribution < 1.29 is 22.6 Å². The summed E-state index contributed by atoms with van der Waals surface area (Å²) in [4.78, 5) is 8.05. The zero-order valence-corrected chi connectivity index (χ0v) is 15.6. The predicted molar refractivity (Wildman–Crippen MR) is 94.6 cm³/mol. The maximum atomic E-state index is 12.5. The van der Waals surface area contributed by atoms with Crippen LogP contribution in [0.4, 0.5) is 13.2 Å². The van der Waals surface area contributed by atoms with Gasteiger partial charge in [0.2, 0.25) is 0 Å². The van der Waals surface area contributed by atoms with E-state index in [4.69, 9.17) is 9.47 Å². The van der Waals surface area contributed by atoms with Crippen molar-refractivity contribution in [3.63, 3.8) is 0 Å². The summed E-state index contributed by atoms with van der Waals surface area (Å²) in [5, 5.41) is 7.72. The molecule has 2 rings (SSSR count). The number of aromatic nitrogens is 1. The number of nitrogens with zero attached hydrogens (tertiary/aromatic N) is 2. The molecule has 0 amide bonds.